The Morgan fingerprint density at radius 1 is 0.969 bits per heavy atom. The lowest BCUT2D eigenvalue weighted by Gasteiger charge is -2.39. The van der Waals surface area contributed by atoms with Gasteiger partial charge in [-0.25, -0.2) is 4.98 Å². The summed E-state index contributed by atoms with van der Waals surface area (Å²) < 4.78 is 0. The molecule has 2 N–H and O–H groups in total. The minimum atomic E-state index is -1.18. The molecule has 32 heavy (non-hydrogen) atoms. The molecule has 4 aromatic rings. The van der Waals surface area contributed by atoms with Crippen LogP contribution in [-0.2, 0) is 5.60 Å². The van der Waals surface area contributed by atoms with Crippen LogP contribution in [-0.4, -0.2) is 28.2 Å². The van der Waals surface area contributed by atoms with E-state index in [0.29, 0.717) is 21.3 Å². The lowest BCUT2D eigenvalue weighted by Crippen LogP contribution is -2.45. The Hall–Kier alpha value is -2.50. The van der Waals surface area contributed by atoms with Gasteiger partial charge in [0.15, 0.2) is 0 Å². The second-order valence-electron chi connectivity index (χ2n) is 8.24. The molecule has 0 aliphatic carbocycles. The van der Waals surface area contributed by atoms with Gasteiger partial charge in [0.1, 0.15) is 10.8 Å². The van der Waals surface area contributed by atoms with Crippen LogP contribution in [0.15, 0.2) is 73.1 Å². The van der Waals surface area contributed by atoms with Crippen molar-refractivity contribution in [2.24, 2.45) is 5.92 Å². The van der Waals surface area contributed by atoms with Crippen molar-refractivity contribution in [3.05, 3.63) is 94.4 Å². The molecule has 1 saturated heterocycles. The van der Waals surface area contributed by atoms with E-state index in [1.165, 1.54) is 0 Å². The summed E-state index contributed by atoms with van der Waals surface area (Å²) in [6.07, 6.45) is 5.38. The standard InChI is InChI=1S/C26H23Cl2N3O/c27-24-21-15-19(8-9-22(21)31-25(28)23(24)17-5-2-1-3-6-17)26(32,18-10-13-29-14-11-18)20-7-4-12-30-16-20/h1-3,5-6,8-11,13-15,20,30,32H,4,7,12,16H2. The number of fused-ring (bicyclic) bond motifs is 1. The molecule has 3 heterocycles. The minimum Gasteiger partial charge on any atom is -0.380 e. The molecule has 2 aromatic carbocycles. The van der Waals surface area contributed by atoms with Crippen LogP contribution in [0.1, 0.15) is 24.0 Å². The fourth-order valence-electron chi connectivity index (χ4n) is 4.74. The largest absolute Gasteiger partial charge is 0.380 e. The summed E-state index contributed by atoms with van der Waals surface area (Å²) in [5.41, 5.74) is 2.73. The highest BCUT2D eigenvalue weighted by Crippen LogP contribution is 2.43. The normalized spacial score (nSPS) is 18.4. The van der Waals surface area contributed by atoms with Crippen LogP contribution in [0.4, 0.5) is 0 Å². The summed E-state index contributed by atoms with van der Waals surface area (Å²) in [7, 11) is 0. The number of rotatable bonds is 4. The summed E-state index contributed by atoms with van der Waals surface area (Å²) >= 11 is 13.4. The third-order valence-electron chi connectivity index (χ3n) is 6.39. The first-order chi connectivity index (χ1) is 15.6. The second-order valence-corrected chi connectivity index (χ2v) is 8.97. The van der Waals surface area contributed by atoms with Gasteiger partial charge < -0.3 is 10.4 Å². The molecule has 2 unspecified atom stereocenters. The molecule has 1 aliphatic rings. The average molecular weight is 464 g/mol. The van der Waals surface area contributed by atoms with Crippen LogP contribution in [0.2, 0.25) is 10.2 Å². The molecule has 5 rings (SSSR count). The molecule has 0 saturated carbocycles. The highest BCUT2D eigenvalue weighted by molar-refractivity contribution is 6.42. The zero-order valence-electron chi connectivity index (χ0n) is 17.4. The monoisotopic (exact) mass is 463 g/mol. The van der Waals surface area contributed by atoms with Gasteiger partial charge in [0, 0.05) is 35.8 Å². The summed E-state index contributed by atoms with van der Waals surface area (Å²) in [5.74, 6) is 0.0173. The Bertz CT molecular complexity index is 1240. The maximum absolute atomic E-state index is 12.2. The highest BCUT2D eigenvalue weighted by Gasteiger charge is 2.41. The lowest BCUT2D eigenvalue weighted by atomic mass is 9.73. The van der Waals surface area contributed by atoms with Crippen molar-refractivity contribution in [3.63, 3.8) is 0 Å². The highest BCUT2D eigenvalue weighted by atomic mass is 35.5. The van der Waals surface area contributed by atoms with E-state index in [4.69, 9.17) is 23.2 Å². The predicted octanol–water partition coefficient (Wildman–Crippen LogP) is 5.84. The Morgan fingerprint density at radius 3 is 2.47 bits per heavy atom. The van der Waals surface area contributed by atoms with Gasteiger partial charge in [-0.05, 0) is 60.3 Å². The molecular weight excluding hydrogens is 441 g/mol. The zero-order chi connectivity index (χ0) is 22.1. The lowest BCUT2D eigenvalue weighted by molar-refractivity contribution is 0.00545. The Morgan fingerprint density at radius 2 is 1.75 bits per heavy atom. The maximum Gasteiger partial charge on any atom is 0.139 e. The number of pyridine rings is 2. The number of piperidine rings is 1. The third-order valence-corrected chi connectivity index (χ3v) is 7.05. The molecule has 1 aliphatic heterocycles. The van der Waals surface area contributed by atoms with Gasteiger partial charge >= 0.3 is 0 Å². The van der Waals surface area contributed by atoms with E-state index >= 15 is 0 Å². The molecule has 2 aromatic heterocycles. The predicted molar refractivity (Wildman–Crippen MR) is 130 cm³/mol. The molecule has 0 spiro atoms. The maximum atomic E-state index is 12.2. The number of aromatic nitrogens is 2. The number of benzene rings is 2. The van der Waals surface area contributed by atoms with Gasteiger partial charge in [-0.1, -0.05) is 59.6 Å². The van der Waals surface area contributed by atoms with Crippen molar-refractivity contribution >= 4 is 34.1 Å². The molecule has 0 bridgehead atoms. The smallest absolute Gasteiger partial charge is 0.139 e. The first kappa shape index (κ1) is 21.4. The Kier molecular flexibility index (Phi) is 5.87. The van der Waals surface area contributed by atoms with Crippen molar-refractivity contribution in [2.75, 3.05) is 13.1 Å². The van der Waals surface area contributed by atoms with Crippen LogP contribution >= 0.6 is 23.2 Å². The van der Waals surface area contributed by atoms with Crippen LogP contribution in [0.25, 0.3) is 22.0 Å². The number of nitrogens with one attached hydrogen (secondary N) is 1. The fourth-order valence-corrected chi connectivity index (χ4v) is 5.43. The minimum absolute atomic E-state index is 0.0173. The van der Waals surface area contributed by atoms with Crippen LogP contribution in [0.3, 0.4) is 0 Å². The van der Waals surface area contributed by atoms with Crippen molar-refractivity contribution in [1.82, 2.24) is 15.3 Å². The molecule has 0 radical (unpaired) electrons. The Labute approximate surface area is 197 Å². The molecule has 1 fully saturated rings. The fraction of sp³-hybridized carbons (Fsp3) is 0.231. The number of nitrogens with zero attached hydrogens (tertiary/aromatic N) is 2. The Balaban J connectivity index is 1.71. The summed E-state index contributed by atoms with van der Waals surface area (Å²) in [4.78, 5) is 8.74. The number of aliphatic hydroxyl groups is 1. The van der Waals surface area contributed by atoms with Crippen LogP contribution < -0.4 is 5.32 Å². The second kappa shape index (κ2) is 8.80. The molecular formula is C26H23Cl2N3O. The molecule has 0 amide bonds. The molecule has 6 heteroatoms. The van der Waals surface area contributed by atoms with E-state index in [9.17, 15) is 5.11 Å². The van der Waals surface area contributed by atoms with E-state index in [2.05, 4.69) is 15.3 Å². The van der Waals surface area contributed by atoms with Crippen molar-refractivity contribution in [1.29, 1.82) is 0 Å². The number of halogens is 2. The molecule has 4 nitrogen and oxygen atoms in total. The van der Waals surface area contributed by atoms with Crippen LogP contribution in [0, 0.1) is 5.92 Å². The van der Waals surface area contributed by atoms with E-state index in [0.717, 1.165) is 48.0 Å². The van der Waals surface area contributed by atoms with Gasteiger partial charge in [-0.15, -0.1) is 0 Å². The SMILES string of the molecule is OC(c1ccncc1)(c1ccc2nc(Cl)c(-c3ccccc3)c(Cl)c2c1)C1CCCNC1. The molecule has 162 valence electrons. The van der Waals surface area contributed by atoms with E-state index in [-0.39, 0.29) is 5.92 Å². The van der Waals surface area contributed by atoms with Gasteiger partial charge in [0.2, 0.25) is 0 Å². The average Bonchev–Trinajstić information content (AvgIpc) is 2.85. The topological polar surface area (TPSA) is 58.0 Å². The van der Waals surface area contributed by atoms with Gasteiger partial charge in [0.05, 0.1) is 10.5 Å². The van der Waals surface area contributed by atoms with Crippen LogP contribution in [0.5, 0.6) is 0 Å². The van der Waals surface area contributed by atoms with E-state index in [1.54, 1.807) is 12.4 Å². The van der Waals surface area contributed by atoms with Crippen molar-refractivity contribution < 1.29 is 5.11 Å². The van der Waals surface area contributed by atoms with Gasteiger partial charge in [-0.3, -0.25) is 4.98 Å². The number of hydrogen-bond acceptors (Lipinski definition) is 4. The zero-order valence-corrected chi connectivity index (χ0v) is 18.9. The molecule has 2 atom stereocenters. The summed E-state index contributed by atoms with van der Waals surface area (Å²) in [6.45, 7) is 1.70. The first-order valence-electron chi connectivity index (χ1n) is 10.8. The summed E-state index contributed by atoms with van der Waals surface area (Å²) in [6, 6.07) is 19.3. The van der Waals surface area contributed by atoms with Crippen molar-refractivity contribution in [2.45, 2.75) is 18.4 Å². The number of hydrogen-bond donors (Lipinski definition) is 2. The van der Waals surface area contributed by atoms with Gasteiger partial charge in [0.25, 0.3) is 0 Å². The third kappa shape index (κ3) is 3.67. The van der Waals surface area contributed by atoms with E-state index in [1.807, 2.05) is 60.7 Å². The quantitative estimate of drug-likeness (QED) is 0.373. The van der Waals surface area contributed by atoms with Crippen molar-refractivity contribution in [3.8, 4) is 11.1 Å². The first-order valence-corrected chi connectivity index (χ1v) is 11.5. The van der Waals surface area contributed by atoms with Gasteiger partial charge in [-0.2, -0.15) is 0 Å². The summed E-state index contributed by atoms with van der Waals surface area (Å²) in [5, 5.41) is 17.3. The van der Waals surface area contributed by atoms with E-state index < -0.39 is 5.60 Å².